The van der Waals surface area contributed by atoms with Crippen molar-refractivity contribution in [1.82, 2.24) is 13.7 Å². The number of non-ortho nitro benzene ring substituents is 2. The summed E-state index contributed by atoms with van der Waals surface area (Å²) in [6.45, 7) is 8.08. The maximum absolute atomic E-state index is 12.7. The zero-order valence-corrected chi connectivity index (χ0v) is 45.8. The summed E-state index contributed by atoms with van der Waals surface area (Å²) in [5, 5.41) is 35.4. The smallest absolute Gasteiger partial charge is 0.343 e. The number of nitrogens with zero attached hydrogens (tertiary/aromatic N) is 5. The molecule has 4 aromatic heterocycles. The number of hydrogen-bond acceptors (Lipinski definition) is 16. The van der Waals surface area contributed by atoms with E-state index in [4.69, 9.17) is 38.4 Å². The number of nitro groups is 2. The highest BCUT2D eigenvalue weighted by Gasteiger charge is 2.18. The van der Waals surface area contributed by atoms with Crippen LogP contribution >= 0.6 is 23.2 Å². The Kier molecular flexibility index (Phi) is 20.7. The standard InChI is InChI=1S/C21H19Cl2NO3.C14H14N2O5.C14H16N2O3.C9H5NO4/c1-13(12-25)24-8-7-17-15(3-2-4-18(17)21(24)27)11-16(26)9-14-5-6-19(22)20(23)10-14;1-9(8-21-10(2)17)15-7-6-11-12(14(15)18)4-3-5-13(11)16(19)20;1-9(8-19-10(2)17)16-7-6-11-12(14(16)18)4-3-5-13(11)15;11-9-7-2-1-3-8(10(12)13)6(7)4-5-14-9/h2-8,10,13,25H,9,11-12H2,1H3;3-7,9H,8H2,1-2H3;3-7,9H,8,15H2,1-2H3;1-5H/t13-;2*9-;/m111./s1. The van der Waals surface area contributed by atoms with Gasteiger partial charge in [-0.25, -0.2) is 4.79 Å². The van der Waals surface area contributed by atoms with Gasteiger partial charge in [0.25, 0.3) is 28.1 Å². The molecule has 3 atom stereocenters. The van der Waals surface area contributed by atoms with E-state index in [0.29, 0.717) is 37.3 Å². The van der Waals surface area contributed by atoms with Crippen molar-refractivity contribution in [2.24, 2.45) is 0 Å². The van der Waals surface area contributed by atoms with E-state index in [9.17, 15) is 58.9 Å². The number of aliphatic hydroxyl groups excluding tert-OH is 1. The van der Waals surface area contributed by atoms with E-state index in [2.05, 4.69) is 4.42 Å². The molecule has 0 spiro atoms. The van der Waals surface area contributed by atoms with Crippen molar-refractivity contribution in [3.05, 3.63) is 223 Å². The number of aliphatic hydroxyl groups is 1. The number of aromatic nitrogens is 3. The molecule has 0 amide bonds. The third-order valence-corrected chi connectivity index (χ3v) is 13.4. The molecule has 0 bridgehead atoms. The first-order valence-corrected chi connectivity index (χ1v) is 25.6. The molecule has 0 saturated carbocycles. The number of esters is 2. The topological polar surface area (TPSA) is 298 Å². The van der Waals surface area contributed by atoms with E-state index >= 15 is 0 Å². The summed E-state index contributed by atoms with van der Waals surface area (Å²) in [6.07, 6.45) is 6.43. The number of anilines is 1. The summed E-state index contributed by atoms with van der Waals surface area (Å²) < 4.78 is 18.9. The zero-order chi connectivity index (χ0) is 59.2. The van der Waals surface area contributed by atoms with E-state index < -0.39 is 21.4 Å². The lowest BCUT2D eigenvalue weighted by atomic mass is 9.98. The van der Waals surface area contributed by atoms with Crippen molar-refractivity contribution in [3.63, 3.8) is 0 Å². The van der Waals surface area contributed by atoms with Gasteiger partial charge in [0.05, 0.1) is 72.4 Å². The Morgan fingerprint density at radius 1 is 0.580 bits per heavy atom. The molecular formula is C58H54Cl2N6O15. The number of nitro benzene ring substituents is 2. The van der Waals surface area contributed by atoms with Crippen LogP contribution in [0.5, 0.6) is 0 Å². The van der Waals surface area contributed by atoms with Crippen molar-refractivity contribution < 1.29 is 43.2 Å². The van der Waals surface area contributed by atoms with E-state index in [1.807, 2.05) is 19.1 Å². The summed E-state index contributed by atoms with van der Waals surface area (Å²) in [4.78, 5) is 103. The van der Waals surface area contributed by atoms with Crippen LogP contribution < -0.4 is 28.0 Å². The molecule has 0 aliphatic rings. The van der Waals surface area contributed by atoms with Crippen molar-refractivity contribution >= 4 is 101 Å². The second-order valence-corrected chi connectivity index (χ2v) is 19.3. The fourth-order valence-corrected chi connectivity index (χ4v) is 8.80. The fourth-order valence-electron chi connectivity index (χ4n) is 8.48. The molecule has 21 nitrogen and oxygen atoms in total. The molecule has 4 heterocycles. The number of benzene rings is 5. The van der Waals surface area contributed by atoms with E-state index in [0.717, 1.165) is 28.2 Å². The molecule has 0 aliphatic carbocycles. The lowest BCUT2D eigenvalue weighted by Gasteiger charge is -2.15. The van der Waals surface area contributed by atoms with Gasteiger partial charge in [-0.1, -0.05) is 59.6 Å². The highest BCUT2D eigenvalue weighted by molar-refractivity contribution is 6.42. The van der Waals surface area contributed by atoms with Gasteiger partial charge in [-0.15, -0.1) is 0 Å². The first-order valence-electron chi connectivity index (χ1n) is 24.8. The lowest BCUT2D eigenvalue weighted by Crippen LogP contribution is -2.26. The SMILES string of the molecule is CC(=O)OC[C@@H](C)n1ccc2c(N)cccc2c1=O.CC(=O)OC[C@@H](C)n1ccc2c([N+](=O)[O-])cccc2c1=O.C[C@H](CO)n1ccc2c(CC(=O)Cc3ccc(Cl)c(Cl)c3)cccc2c1=O.O=c1occc2c([N+](=O)[O-])cccc12. The maximum atomic E-state index is 12.7. The highest BCUT2D eigenvalue weighted by Crippen LogP contribution is 2.26. The summed E-state index contributed by atoms with van der Waals surface area (Å²) >= 11 is 11.9. The number of hydrogen-bond donors (Lipinski definition) is 2. The first-order chi connectivity index (χ1) is 38.5. The van der Waals surface area contributed by atoms with Gasteiger partial charge >= 0.3 is 17.6 Å². The molecule has 23 heteroatoms. The number of nitrogen functional groups attached to an aromatic ring is 1. The number of halogens is 2. The van der Waals surface area contributed by atoms with Crippen molar-refractivity contribution in [3.8, 4) is 0 Å². The Bertz CT molecular complexity index is 4100. The van der Waals surface area contributed by atoms with Crippen LogP contribution in [0.1, 0.15) is 63.9 Å². The number of pyridine rings is 3. The Hall–Kier alpha value is -9.31. The predicted octanol–water partition coefficient (Wildman–Crippen LogP) is 9.66. The van der Waals surface area contributed by atoms with E-state index in [1.54, 1.807) is 91.5 Å². The third kappa shape index (κ3) is 15.1. The normalized spacial score (nSPS) is 11.9. The van der Waals surface area contributed by atoms with Crippen LogP contribution in [0.15, 0.2) is 164 Å². The van der Waals surface area contributed by atoms with Crippen molar-refractivity contribution in [1.29, 1.82) is 0 Å². The largest absolute Gasteiger partial charge is 0.464 e. The Morgan fingerprint density at radius 3 is 1.56 bits per heavy atom. The van der Waals surface area contributed by atoms with Crippen LogP contribution in [0.3, 0.4) is 0 Å². The first kappa shape index (κ1) is 60.9. The Labute approximate surface area is 470 Å². The van der Waals surface area contributed by atoms with Gasteiger partial charge in [0.1, 0.15) is 19.0 Å². The second-order valence-electron chi connectivity index (χ2n) is 18.4. The number of ketones is 1. The monoisotopic (exact) mass is 1140 g/mol. The molecule has 420 valence electrons. The second kappa shape index (κ2) is 27.5. The summed E-state index contributed by atoms with van der Waals surface area (Å²) in [6, 6.07) is 30.1. The molecule has 9 rings (SSSR count). The van der Waals surface area contributed by atoms with Gasteiger partial charge in [0.2, 0.25) is 0 Å². The number of fused-ring (bicyclic) bond motifs is 4. The lowest BCUT2D eigenvalue weighted by molar-refractivity contribution is -0.383. The van der Waals surface area contributed by atoms with Crippen LogP contribution in [0, 0.1) is 20.2 Å². The predicted molar refractivity (Wildman–Crippen MR) is 308 cm³/mol. The zero-order valence-electron chi connectivity index (χ0n) is 44.3. The molecule has 0 radical (unpaired) electrons. The minimum atomic E-state index is -0.564. The molecule has 0 fully saturated rings. The molecule has 9 aromatic rings. The number of rotatable bonds is 14. The number of ether oxygens (including phenoxy) is 2. The molecule has 0 unspecified atom stereocenters. The average molecular weight is 1150 g/mol. The Morgan fingerprint density at radius 2 is 1.04 bits per heavy atom. The van der Waals surface area contributed by atoms with Gasteiger partial charge in [0, 0.05) is 79.3 Å². The van der Waals surface area contributed by atoms with E-state index in [-0.39, 0.29) is 101 Å². The fraction of sp³-hybridized carbons (Fsp3) is 0.224. The van der Waals surface area contributed by atoms with Crippen molar-refractivity contribution in [2.75, 3.05) is 25.6 Å². The summed E-state index contributed by atoms with van der Waals surface area (Å²) in [7, 11) is 0. The summed E-state index contributed by atoms with van der Waals surface area (Å²) in [5.74, 6) is -0.759. The van der Waals surface area contributed by atoms with E-state index in [1.165, 1.54) is 71.6 Å². The molecule has 3 N–H and O–H groups in total. The van der Waals surface area contributed by atoms with Crippen molar-refractivity contribution in [2.45, 2.75) is 65.6 Å². The average Bonchev–Trinajstić information content (AvgIpc) is 3.45. The Balaban J connectivity index is 0.000000178. The molecule has 81 heavy (non-hydrogen) atoms. The molecule has 5 aromatic carbocycles. The van der Waals surface area contributed by atoms with Crippen LogP contribution in [0.25, 0.3) is 43.1 Å². The molecular weight excluding hydrogens is 1090 g/mol. The van der Waals surface area contributed by atoms with Gasteiger partial charge in [-0.3, -0.25) is 49.0 Å². The maximum Gasteiger partial charge on any atom is 0.343 e. The van der Waals surface area contributed by atoms with Gasteiger partial charge in [0.15, 0.2) is 0 Å². The molecule has 0 aliphatic heterocycles. The highest BCUT2D eigenvalue weighted by atomic mass is 35.5. The number of carbonyl (C=O) groups is 3. The van der Waals surface area contributed by atoms with Crippen LogP contribution in [-0.4, -0.2) is 66.2 Å². The van der Waals surface area contributed by atoms with Gasteiger partial charge in [-0.2, -0.15) is 0 Å². The quantitative estimate of drug-likeness (QED) is 0.0443. The molecule has 0 saturated heterocycles. The van der Waals surface area contributed by atoms with Gasteiger partial charge in [-0.05, 0) is 104 Å². The van der Waals surface area contributed by atoms with Crippen LogP contribution in [0.4, 0.5) is 17.1 Å². The number of Topliss-reactive ketones (excluding diaryl/α,β-unsaturated/α-hetero) is 1. The van der Waals surface area contributed by atoms with Crippen LogP contribution in [-0.2, 0) is 36.7 Å². The van der Waals surface area contributed by atoms with Crippen LogP contribution in [0.2, 0.25) is 10.0 Å². The number of carbonyl (C=O) groups excluding carboxylic acids is 3. The minimum Gasteiger partial charge on any atom is -0.464 e. The minimum absolute atomic E-state index is 0.0220. The summed E-state index contributed by atoms with van der Waals surface area (Å²) in [5.41, 5.74) is 6.60. The van der Waals surface area contributed by atoms with Gasteiger partial charge < -0.3 is 38.4 Å². The number of nitrogens with two attached hydrogens (primary N) is 1. The third-order valence-electron chi connectivity index (χ3n) is 12.6.